The van der Waals surface area contributed by atoms with Crippen molar-refractivity contribution in [3.63, 3.8) is 0 Å². The van der Waals surface area contributed by atoms with Crippen molar-refractivity contribution in [2.75, 3.05) is 7.11 Å². The van der Waals surface area contributed by atoms with E-state index >= 15 is 0 Å². The molecule has 0 radical (unpaired) electrons. The van der Waals surface area contributed by atoms with Crippen LogP contribution in [-0.2, 0) is 0 Å². The van der Waals surface area contributed by atoms with Gasteiger partial charge in [-0.15, -0.1) is 0 Å². The van der Waals surface area contributed by atoms with E-state index in [0.29, 0.717) is 0 Å². The third-order valence-corrected chi connectivity index (χ3v) is 3.28. The van der Waals surface area contributed by atoms with Crippen molar-refractivity contribution < 1.29 is 9.84 Å². The molecule has 3 aromatic rings. The van der Waals surface area contributed by atoms with Crippen molar-refractivity contribution >= 4 is 10.8 Å². The van der Waals surface area contributed by atoms with Gasteiger partial charge in [-0.3, -0.25) is 0 Å². The third-order valence-electron chi connectivity index (χ3n) is 3.28. The molecule has 2 nitrogen and oxygen atoms in total. The fourth-order valence-electron chi connectivity index (χ4n) is 2.31. The van der Waals surface area contributed by atoms with Gasteiger partial charge in [0.2, 0.25) is 0 Å². The van der Waals surface area contributed by atoms with Gasteiger partial charge in [0.15, 0.2) is 0 Å². The topological polar surface area (TPSA) is 29.5 Å². The monoisotopic (exact) mass is 250 g/mol. The fraction of sp³-hybridized carbons (Fsp3) is 0.0588. The SMILES string of the molecule is COc1ccc2cccc(-c3ccccc3O)c2c1. The molecule has 0 fully saturated rings. The molecule has 0 aliphatic carbocycles. The van der Waals surface area contributed by atoms with Gasteiger partial charge in [-0.25, -0.2) is 0 Å². The molecule has 0 atom stereocenters. The van der Waals surface area contributed by atoms with E-state index in [0.717, 1.165) is 27.6 Å². The minimum Gasteiger partial charge on any atom is -0.507 e. The number of fused-ring (bicyclic) bond motifs is 1. The number of methoxy groups -OCH3 is 1. The average molecular weight is 250 g/mol. The van der Waals surface area contributed by atoms with Gasteiger partial charge in [0.05, 0.1) is 7.11 Å². The van der Waals surface area contributed by atoms with E-state index < -0.39 is 0 Å². The van der Waals surface area contributed by atoms with Gasteiger partial charge in [0.1, 0.15) is 11.5 Å². The van der Waals surface area contributed by atoms with E-state index in [1.54, 1.807) is 13.2 Å². The average Bonchev–Trinajstić information content (AvgIpc) is 2.47. The molecule has 0 amide bonds. The molecule has 0 spiro atoms. The number of hydrogen-bond acceptors (Lipinski definition) is 2. The van der Waals surface area contributed by atoms with Crippen LogP contribution in [0.15, 0.2) is 60.7 Å². The molecule has 1 N–H and O–H groups in total. The van der Waals surface area contributed by atoms with Crippen LogP contribution in [0, 0.1) is 0 Å². The minimum absolute atomic E-state index is 0.290. The quantitative estimate of drug-likeness (QED) is 0.737. The highest BCUT2D eigenvalue weighted by Gasteiger charge is 2.08. The summed E-state index contributed by atoms with van der Waals surface area (Å²) < 4.78 is 5.28. The number of hydrogen-bond donors (Lipinski definition) is 1. The zero-order chi connectivity index (χ0) is 13.2. The van der Waals surface area contributed by atoms with E-state index in [4.69, 9.17) is 4.74 Å². The molecule has 0 heterocycles. The second-order valence-electron chi connectivity index (χ2n) is 4.41. The summed E-state index contributed by atoms with van der Waals surface area (Å²) >= 11 is 0. The van der Waals surface area contributed by atoms with Crippen molar-refractivity contribution in [2.24, 2.45) is 0 Å². The smallest absolute Gasteiger partial charge is 0.123 e. The van der Waals surface area contributed by atoms with Crippen molar-refractivity contribution in [2.45, 2.75) is 0 Å². The lowest BCUT2D eigenvalue weighted by molar-refractivity contribution is 0.415. The predicted molar refractivity (Wildman–Crippen MR) is 77.6 cm³/mol. The highest BCUT2D eigenvalue weighted by molar-refractivity contribution is 5.98. The summed E-state index contributed by atoms with van der Waals surface area (Å²) in [6, 6.07) is 19.4. The first-order valence-corrected chi connectivity index (χ1v) is 6.15. The maximum atomic E-state index is 10.0. The summed E-state index contributed by atoms with van der Waals surface area (Å²) in [6.45, 7) is 0. The molecule has 94 valence electrons. The largest absolute Gasteiger partial charge is 0.507 e. The van der Waals surface area contributed by atoms with Crippen molar-refractivity contribution in [1.82, 2.24) is 0 Å². The Kier molecular flexibility index (Phi) is 2.84. The zero-order valence-corrected chi connectivity index (χ0v) is 10.6. The Morgan fingerprint density at radius 2 is 1.63 bits per heavy atom. The Labute approximate surface area is 111 Å². The number of phenols is 1. The molecule has 0 saturated heterocycles. The molecule has 19 heavy (non-hydrogen) atoms. The summed E-state index contributed by atoms with van der Waals surface area (Å²) in [5.41, 5.74) is 1.84. The molecule has 0 bridgehead atoms. The molecular formula is C17H14O2. The van der Waals surface area contributed by atoms with Crippen molar-refractivity contribution in [3.8, 4) is 22.6 Å². The second-order valence-corrected chi connectivity index (χ2v) is 4.41. The lowest BCUT2D eigenvalue weighted by atomic mass is 9.97. The van der Waals surface area contributed by atoms with E-state index in [2.05, 4.69) is 6.07 Å². The Hall–Kier alpha value is -2.48. The normalized spacial score (nSPS) is 10.6. The van der Waals surface area contributed by atoms with E-state index in [1.165, 1.54) is 0 Å². The van der Waals surface area contributed by atoms with Crippen LogP contribution in [0.25, 0.3) is 21.9 Å². The highest BCUT2D eigenvalue weighted by Crippen LogP contribution is 2.35. The number of benzene rings is 3. The van der Waals surface area contributed by atoms with E-state index in [-0.39, 0.29) is 5.75 Å². The summed E-state index contributed by atoms with van der Waals surface area (Å²) in [5.74, 6) is 1.10. The van der Waals surface area contributed by atoms with Gasteiger partial charge in [-0.05, 0) is 34.5 Å². The molecule has 0 aromatic heterocycles. The molecule has 0 saturated carbocycles. The summed E-state index contributed by atoms with van der Waals surface area (Å²) in [7, 11) is 1.66. The van der Waals surface area contributed by atoms with Gasteiger partial charge in [0, 0.05) is 5.56 Å². The lowest BCUT2D eigenvalue weighted by Crippen LogP contribution is -1.85. The van der Waals surface area contributed by atoms with E-state index in [9.17, 15) is 5.11 Å². The van der Waals surface area contributed by atoms with Gasteiger partial charge in [-0.1, -0.05) is 42.5 Å². The Morgan fingerprint density at radius 1 is 0.842 bits per heavy atom. The zero-order valence-electron chi connectivity index (χ0n) is 10.6. The number of ether oxygens (including phenoxy) is 1. The molecule has 2 heteroatoms. The maximum absolute atomic E-state index is 10.0. The third kappa shape index (κ3) is 2.02. The van der Waals surface area contributed by atoms with Crippen LogP contribution in [0.1, 0.15) is 0 Å². The first kappa shape index (κ1) is 11.6. The van der Waals surface area contributed by atoms with E-state index in [1.807, 2.05) is 48.5 Å². The molecule has 3 aromatic carbocycles. The van der Waals surface area contributed by atoms with Crippen LogP contribution < -0.4 is 4.74 Å². The summed E-state index contributed by atoms with van der Waals surface area (Å²) in [6.07, 6.45) is 0. The van der Waals surface area contributed by atoms with Gasteiger partial charge >= 0.3 is 0 Å². The van der Waals surface area contributed by atoms with Crippen molar-refractivity contribution in [1.29, 1.82) is 0 Å². The van der Waals surface area contributed by atoms with Gasteiger partial charge < -0.3 is 9.84 Å². The highest BCUT2D eigenvalue weighted by atomic mass is 16.5. The maximum Gasteiger partial charge on any atom is 0.123 e. The number of para-hydroxylation sites is 1. The van der Waals surface area contributed by atoms with Crippen LogP contribution in [0.3, 0.4) is 0 Å². The standard InChI is InChI=1S/C17H14O2/c1-19-13-10-9-12-5-4-7-14(16(12)11-13)15-6-2-3-8-17(15)18/h2-11,18H,1H3. The molecule has 3 rings (SSSR count). The number of aromatic hydroxyl groups is 1. The summed E-state index contributed by atoms with van der Waals surface area (Å²) in [5, 5.41) is 12.2. The molecule has 0 aliphatic rings. The first-order valence-electron chi connectivity index (χ1n) is 6.15. The van der Waals surface area contributed by atoms with Gasteiger partial charge in [-0.2, -0.15) is 0 Å². The predicted octanol–water partition coefficient (Wildman–Crippen LogP) is 4.22. The summed E-state index contributed by atoms with van der Waals surface area (Å²) in [4.78, 5) is 0. The number of rotatable bonds is 2. The first-order chi connectivity index (χ1) is 9.29. The van der Waals surface area contributed by atoms with Crippen LogP contribution in [0.4, 0.5) is 0 Å². The van der Waals surface area contributed by atoms with Gasteiger partial charge in [0.25, 0.3) is 0 Å². The second kappa shape index (κ2) is 4.65. The van der Waals surface area contributed by atoms with Crippen molar-refractivity contribution in [3.05, 3.63) is 60.7 Å². The minimum atomic E-state index is 0.290. The molecule has 0 aliphatic heterocycles. The van der Waals surface area contributed by atoms with Crippen LogP contribution >= 0.6 is 0 Å². The molecular weight excluding hydrogens is 236 g/mol. The lowest BCUT2D eigenvalue weighted by Gasteiger charge is -2.10. The number of phenolic OH excluding ortho intramolecular Hbond substituents is 1. The Bertz CT molecular complexity index is 732. The van der Waals surface area contributed by atoms with Crippen LogP contribution in [-0.4, -0.2) is 12.2 Å². The van der Waals surface area contributed by atoms with Crippen LogP contribution in [0.5, 0.6) is 11.5 Å². The Balaban J connectivity index is 2.32. The van der Waals surface area contributed by atoms with Crippen LogP contribution in [0.2, 0.25) is 0 Å². The fourth-order valence-corrected chi connectivity index (χ4v) is 2.31. The molecule has 0 unspecified atom stereocenters. The Morgan fingerprint density at radius 3 is 2.42 bits per heavy atom.